The van der Waals surface area contributed by atoms with Crippen LogP contribution in [0.4, 0.5) is 4.79 Å². The van der Waals surface area contributed by atoms with Crippen LogP contribution in [0.5, 0.6) is 0 Å². The van der Waals surface area contributed by atoms with Crippen LogP contribution in [0.2, 0.25) is 0 Å². The Hall–Kier alpha value is -1.55. The standard InChI is InChI=1S/C21H34N4O3.HI/c1-15(2)27-14-17-9-7-8-16(10-17)11-23-19(22-6)24-18-12-25(13-18)20(26)28-21(3,4)5;/h7-10,15,18H,11-14H2,1-6H3,(H2,22,23,24);1H. The number of nitrogens with one attached hydrogen (secondary N) is 2. The first-order chi connectivity index (χ1) is 13.2. The van der Waals surface area contributed by atoms with Crippen LogP contribution in [-0.4, -0.2) is 54.8 Å². The van der Waals surface area contributed by atoms with Crippen molar-refractivity contribution in [3.8, 4) is 0 Å². The Labute approximate surface area is 191 Å². The topological polar surface area (TPSA) is 75.2 Å². The molecule has 0 bridgehead atoms. The summed E-state index contributed by atoms with van der Waals surface area (Å²) in [5.41, 5.74) is 1.85. The zero-order valence-electron chi connectivity index (χ0n) is 18.3. The van der Waals surface area contributed by atoms with Crippen molar-refractivity contribution in [3.05, 3.63) is 35.4 Å². The fourth-order valence-corrected chi connectivity index (χ4v) is 2.71. The molecular formula is C21H35IN4O3. The molecule has 1 amide bonds. The molecule has 1 aromatic rings. The van der Waals surface area contributed by atoms with Crippen LogP contribution in [0.15, 0.2) is 29.3 Å². The summed E-state index contributed by atoms with van der Waals surface area (Å²) in [5, 5.41) is 6.66. The van der Waals surface area contributed by atoms with Crippen molar-refractivity contribution in [2.45, 2.75) is 65.5 Å². The van der Waals surface area contributed by atoms with E-state index in [-0.39, 0.29) is 42.2 Å². The summed E-state index contributed by atoms with van der Waals surface area (Å²) in [6.07, 6.45) is -0.0542. The Morgan fingerprint density at radius 2 is 1.93 bits per heavy atom. The molecule has 164 valence electrons. The number of likely N-dealkylation sites (tertiary alicyclic amines) is 1. The zero-order valence-corrected chi connectivity index (χ0v) is 20.7. The van der Waals surface area contributed by atoms with Crippen molar-refractivity contribution >= 4 is 36.0 Å². The number of hydrogen-bond donors (Lipinski definition) is 2. The van der Waals surface area contributed by atoms with Crippen LogP contribution in [0.25, 0.3) is 0 Å². The molecule has 1 heterocycles. The van der Waals surface area contributed by atoms with E-state index in [0.29, 0.717) is 26.2 Å². The van der Waals surface area contributed by atoms with Crippen LogP contribution in [0, 0.1) is 0 Å². The summed E-state index contributed by atoms with van der Waals surface area (Å²) in [5.74, 6) is 0.720. The molecule has 0 unspecified atom stereocenters. The molecule has 8 heteroatoms. The summed E-state index contributed by atoms with van der Waals surface area (Å²) < 4.78 is 11.0. The van der Waals surface area contributed by atoms with Gasteiger partial charge in [-0.1, -0.05) is 24.3 Å². The van der Waals surface area contributed by atoms with Gasteiger partial charge in [0.15, 0.2) is 5.96 Å². The van der Waals surface area contributed by atoms with Crippen molar-refractivity contribution in [2.75, 3.05) is 20.1 Å². The molecule has 1 aliphatic heterocycles. The first-order valence-electron chi connectivity index (χ1n) is 9.81. The van der Waals surface area contributed by atoms with E-state index in [0.717, 1.165) is 17.1 Å². The van der Waals surface area contributed by atoms with Crippen LogP contribution >= 0.6 is 24.0 Å². The summed E-state index contributed by atoms with van der Waals surface area (Å²) in [6.45, 7) is 12.2. The fourth-order valence-electron chi connectivity index (χ4n) is 2.71. The number of rotatable bonds is 6. The highest BCUT2D eigenvalue weighted by atomic mass is 127. The molecule has 0 aliphatic carbocycles. The maximum Gasteiger partial charge on any atom is 0.410 e. The van der Waals surface area contributed by atoms with E-state index in [1.54, 1.807) is 11.9 Å². The van der Waals surface area contributed by atoms with E-state index in [9.17, 15) is 4.79 Å². The molecule has 7 nitrogen and oxygen atoms in total. The molecule has 0 aromatic heterocycles. The van der Waals surface area contributed by atoms with E-state index < -0.39 is 5.60 Å². The number of nitrogens with zero attached hydrogens (tertiary/aromatic N) is 2. The summed E-state index contributed by atoms with van der Waals surface area (Å²) in [6, 6.07) is 8.49. The summed E-state index contributed by atoms with van der Waals surface area (Å²) >= 11 is 0. The Morgan fingerprint density at radius 3 is 2.52 bits per heavy atom. The molecule has 1 saturated heterocycles. The first kappa shape index (κ1) is 25.5. The van der Waals surface area contributed by atoms with E-state index in [2.05, 4.69) is 33.8 Å². The number of hydrogen-bond acceptors (Lipinski definition) is 4. The van der Waals surface area contributed by atoms with Crippen molar-refractivity contribution in [1.29, 1.82) is 0 Å². The van der Waals surface area contributed by atoms with Gasteiger partial charge in [0.05, 0.1) is 18.8 Å². The van der Waals surface area contributed by atoms with E-state index >= 15 is 0 Å². The molecule has 2 rings (SSSR count). The van der Waals surface area contributed by atoms with Crippen LogP contribution in [0.1, 0.15) is 45.7 Å². The minimum atomic E-state index is -0.470. The number of aliphatic imine (C=N–C) groups is 1. The number of halogens is 1. The quantitative estimate of drug-likeness (QED) is 0.343. The highest BCUT2D eigenvalue weighted by molar-refractivity contribution is 14.0. The monoisotopic (exact) mass is 518 g/mol. The third-order valence-electron chi connectivity index (χ3n) is 4.13. The van der Waals surface area contributed by atoms with Crippen molar-refractivity contribution in [2.24, 2.45) is 4.99 Å². The van der Waals surface area contributed by atoms with Gasteiger partial charge < -0.3 is 25.0 Å². The second-order valence-electron chi connectivity index (χ2n) is 8.33. The third kappa shape index (κ3) is 9.20. The molecule has 1 fully saturated rings. The highest BCUT2D eigenvalue weighted by Crippen LogP contribution is 2.15. The Morgan fingerprint density at radius 1 is 1.28 bits per heavy atom. The number of carbonyl (C=O) groups excluding carboxylic acids is 1. The maximum atomic E-state index is 12.0. The van der Waals surface area contributed by atoms with Gasteiger partial charge in [-0.3, -0.25) is 4.99 Å². The average molecular weight is 518 g/mol. The van der Waals surface area contributed by atoms with E-state index in [4.69, 9.17) is 9.47 Å². The van der Waals surface area contributed by atoms with Crippen molar-refractivity contribution in [3.63, 3.8) is 0 Å². The number of guanidine groups is 1. The van der Waals surface area contributed by atoms with Crippen molar-refractivity contribution < 1.29 is 14.3 Å². The predicted molar refractivity (Wildman–Crippen MR) is 127 cm³/mol. The van der Waals surface area contributed by atoms with Crippen LogP contribution in [0.3, 0.4) is 0 Å². The molecule has 29 heavy (non-hydrogen) atoms. The Bertz CT molecular complexity index is 683. The minimum Gasteiger partial charge on any atom is -0.444 e. The zero-order chi connectivity index (χ0) is 20.7. The van der Waals surface area contributed by atoms with Crippen LogP contribution < -0.4 is 10.6 Å². The van der Waals surface area contributed by atoms with Gasteiger partial charge in [0.2, 0.25) is 0 Å². The van der Waals surface area contributed by atoms with Gasteiger partial charge in [0, 0.05) is 26.7 Å². The number of amides is 1. The largest absolute Gasteiger partial charge is 0.444 e. The number of benzene rings is 1. The lowest BCUT2D eigenvalue weighted by Crippen LogP contribution is -2.63. The number of carbonyl (C=O) groups is 1. The van der Waals surface area contributed by atoms with Gasteiger partial charge >= 0.3 is 6.09 Å². The highest BCUT2D eigenvalue weighted by Gasteiger charge is 2.34. The lowest BCUT2D eigenvalue weighted by Gasteiger charge is -2.40. The average Bonchev–Trinajstić information content (AvgIpc) is 2.57. The van der Waals surface area contributed by atoms with Gasteiger partial charge in [-0.05, 0) is 45.7 Å². The molecule has 2 N–H and O–H groups in total. The second-order valence-corrected chi connectivity index (χ2v) is 8.33. The minimum absolute atomic E-state index is 0. The molecule has 0 atom stereocenters. The van der Waals surface area contributed by atoms with Gasteiger partial charge in [0.25, 0.3) is 0 Å². The predicted octanol–water partition coefficient (Wildman–Crippen LogP) is 3.51. The normalized spacial score (nSPS) is 14.9. The molecular weight excluding hydrogens is 483 g/mol. The lowest BCUT2D eigenvalue weighted by atomic mass is 10.1. The van der Waals surface area contributed by atoms with E-state index in [1.165, 1.54) is 0 Å². The van der Waals surface area contributed by atoms with Gasteiger partial charge in [-0.15, -0.1) is 24.0 Å². The Kier molecular flexibility index (Phi) is 10.2. The summed E-state index contributed by atoms with van der Waals surface area (Å²) in [4.78, 5) is 18.0. The lowest BCUT2D eigenvalue weighted by molar-refractivity contribution is 0.00700. The number of ether oxygens (including phenoxy) is 2. The molecule has 0 spiro atoms. The SMILES string of the molecule is CN=C(NCc1cccc(COC(C)C)c1)NC1CN(C(=O)OC(C)(C)C)C1.I. The molecule has 0 saturated carbocycles. The molecule has 1 aromatic carbocycles. The fraction of sp³-hybridized carbons (Fsp3) is 0.619. The van der Waals surface area contributed by atoms with Gasteiger partial charge in [0.1, 0.15) is 5.60 Å². The first-order valence-corrected chi connectivity index (χ1v) is 9.81. The molecule has 1 aliphatic rings. The van der Waals surface area contributed by atoms with Crippen LogP contribution in [-0.2, 0) is 22.6 Å². The van der Waals surface area contributed by atoms with E-state index in [1.807, 2.05) is 40.7 Å². The second kappa shape index (κ2) is 11.6. The Balaban J connectivity index is 0.00000420. The van der Waals surface area contributed by atoms with Crippen molar-refractivity contribution in [1.82, 2.24) is 15.5 Å². The molecule has 0 radical (unpaired) electrons. The third-order valence-corrected chi connectivity index (χ3v) is 4.13. The smallest absolute Gasteiger partial charge is 0.410 e. The maximum absolute atomic E-state index is 12.0. The van der Waals surface area contributed by atoms with Gasteiger partial charge in [-0.2, -0.15) is 0 Å². The van der Waals surface area contributed by atoms with Gasteiger partial charge in [-0.25, -0.2) is 4.79 Å². The summed E-state index contributed by atoms with van der Waals surface area (Å²) in [7, 11) is 1.74.